The molecule has 5 rings (SSSR count). The lowest BCUT2D eigenvalue weighted by Gasteiger charge is -2.36. The van der Waals surface area contributed by atoms with Crippen LogP contribution >= 0.6 is 0 Å². The lowest BCUT2D eigenvalue weighted by Crippen LogP contribution is -2.47. The Morgan fingerprint density at radius 3 is 2.36 bits per heavy atom. The van der Waals surface area contributed by atoms with E-state index in [1.807, 2.05) is 9.47 Å². The zero-order valence-corrected chi connectivity index (χ0v) is 15.4. The second-order valence-electron chi connectivity index (χ2n) is 7.90. The molecule has 0 radical (unpaired) electrons. The third-order valence-corrected chi connectivity index (χ3v) is 5.92. The maximum atomic E-state index is 14.9. The molecule has 0 unspecified atom stereocenters. The van der Waals surface area contributed by atoms with Crippen molar-refractivity contribution in [2.75, 3.05) is 31.1 Å². The number of nitrogens with zero attached hydrogens (tertiary/aromatic N) is 3. The monoisotopic (exact) mass is 387 g/mol. The number of hydrogen-bond donors (Lipinski definition) is 1. The second kappa shape index (κ2) is 6.48. The van der Waals surface area contributed by atoms with Crippen LogP contribution in [0.2, 0.25) is 0 Å². The molecular formula is C20H22FN3O4. The first kappa shape index (κ1) is 17.5. The van der Waals surface area contributed by atoms with E-state index in [2.05, 4.69) is 9.64 Å². The minimum Gasteiger partial charge on any atom is -0.449 e. The molecule has 8 heteroatoms. The molecule has 3 aliphatic rings. The number of piperazine rings is 1. The van der Waals surface area contributed by atoms with E-state index in [0.717, 1.165) is 39.0 Å². The fraction of sp³-hybridized carbons (Fsp3) is 0.500. The summed E-state index contributed by atoms with van der Waals surface area (Å²) in [5, 5.41) is 9.04. The lowest BCUT2D eigenvalue weighted by molar-refractivity contribution is 0.143. The van der Waals surface area contributed by atoms with E-state index in [4.69, 9.17) is 5.11 Å². The Morgan fingerprint density at radius 1 is 1.07 bits per heavy atom. The summed E-state index contributed by atoms with van der Waals surface area (Å²) in [7, 11) is 0. The van der Waals surface area contributed by atoms with Crippen LogP contribution in [0.15, 0.2) is 23.1 Å². The average molecular weight is 387 g/mol. The van der Waals surface area contributed by atoms with Crippen LogP contribution in [0, 0.1) is 5.82 Å². The van der Waals surface area contributed by atoms with Gasteiger partial charge in [0.25, 0.3) is 0 Å². The summed E-state index contributed by atoms with van der Waals surface area (Å²) in [4.78, 5) is 28.0. The summed E-state index contributed by atoms with van der Waals surface area (Å²) in [5.41, 5.74) is 0.535. The van der Waals surface area contributed by atoms with Crippen molar-refractivity contribution in [2.24, 2.45) is 0 Å². The van der Waals surface area contributed by atoms with Crippen molar-refractivity contribution in [1.82, 2.24) is 9.47 Å². The minimum absolute atomic E-state index is 0.156. The Bertz CT molecular complexity index is 1000. The number of pyridine rings is 1. The van der Waals surface area contributed by atoms with Crippen molar-refractivity contribution in [3.05, 3.63) is 34.4 Å². The SMILES string of the molecule is O=C(O)Oc1cn(C2CC2)c2cc(N3CCN(C4CC4)CC3)c(F)cc2c1=O. The third-order valence-electron chi connectivity index (χ3n) is 5.92. The number of ether oxygens (including phenoxy) is 1. The van der Waals surface area contributed by atoms with Crippen molar-refractivity contribution < 1.29 is 19.0 Å². The van der Waals surface area contributed by atoms with Gasteiger partial charge in [-0.3, -0.25) is 9.69 Å². The maximum absolute atomic E-state index is 14.9. The number of hydrogen-bond acceptors (Lipinski definition) is 5. The molecule has 2 saturated carbocycles. The Labute approximate surface area is 160 Å². The molecular weight excluding hydrogens is 365 g/mol. The van der Waals surface area contributed by atoms with Crippen molar-refractivity contribution in [3.8, 4) is 5.75 Å². The second-order valence-corrected chi connectivity index (χ2v) is 7.90. The number of rotatable bonds is 4. The van der Waals surface area contributed by atoms with Gasteiger partial charge < -0.3 is 19.3 Å². The molecule has 0 bridgehead atoms. The Hall–Kier alpha value is -2.61. The van der Waals surface area contributed by atoms with Crippen LogP contribution in [0.1, 0.15) is 31.7 Å². The quantitative estimate of drug-likeness (QED) is 0.814. The Kier molecular flexibility index (Phi) is 4.04. The number of carboxylic acid groups (broad SMARTS) is 1. The molecule has 1 aromatic carbocycles. The summed E-state index contributed by atoms with van der Waals surface area (Å²) in [5.74, 6) is -0.739. The normalized spacial score (nSPS) is 20.5. The third kappa shape index (κ3) is 3.11. The summed E-state index contributed by atoms with van der Waals surface area (Å²) < 4.78 is 21.4. The van der Waals surface area contributed by atoms with Crippen molar-refractivity contribution in [2.45, 2.75) is 37.8 Å². The fourth-order valence-corrected chi connectivity index (χ4v) is 4.17. The summed E-state index contributed by atoms with van der Waals surface area (Å²) in [6.45, 7) is 3.35. The highest BCUT2D eigenvalue weighted by Crippen LogP contribution is 2.39. The van der Waals surface area contributed by atoms with Crippen molar-refractivity contribution in [3.63, 3.8) is 0 Å². The Balaban J connectivity index is 1.55. The maximum Gasteiger partial charge on any atom is 0.511 e. The van der Waals surface area contributed by atoms with E-state index >= 15 is 0 Å². The van der Waals surface area contributed by atoms with Gasteiger partial charge in [0, 0.05) is 38.3 Å². The molecule has 0 atom stereocenters. The molecule has 148 valence electrons. The molecule has 7 nitrogen and oxygen atoms in total. The zero-order chi connectivity index (χ0) is 19.4. The molecule has 0 spiro atoms. The molecule has 1 aliphatic heterocycles. The standard InChI is InChI=1S/C20H22FN3O4/c21-15-9-14-16(10-17(15)23-7-5-22(6-8-23)12-1-2-12)24(13-3-4-13)11-18(19(14)25)28-20(26)27/h9-13H,1-8H2,(H,26,27). The number of aromatic nitrogens is 1. The fourth-order valence-electron chi connectivity index (χ4n) is 4.17. The van der Waals surface area contributed by atoms with Crippen LogP contribution in [0.3, 0.4) is 0 Å². The van der Waals surface area contributed by atoms with Gasteiger partial charge in [-0.1, -0.05) is 0 Å². The number of anilines is 1. The number of benzene rings is 1. The molecule has 28 heavy (non-hydrogen) atoms. The first-order chi connectivity index (χ1) is 13.5. The van der Waals surface area contributed by atoms with Gasteiger partial charge in [-0.25, -0.2) is 9.18 Å². The highest BCUT2D eigenvalue weighted by atomic mass is 19.1. The molecule has 1 N–H and O–H groups in total. The van der Waals surface area contributed by atoms with Gasteiger partial charge in [-0.05, 0) is 37.8 Å². The largest absolute Gasteiger partial charge is 0.511 e. The van der Waals surface area contributed by atoms with E-state index in [-0.39, 0.29) is 17.2 Å². The Morgan fingerprint density at radius 2 is 1.75 bits per heavy atom. The van der Waals surface area contributed by atoms with Gasteiger partial charge in [-0.15, -0.1) is 0 Å². The van der Waals surface area contributed by atoms with E-state index in [1.165, 1.54) is 25.1 Å². The molecule has 2 heterocycles. The minimum atomic E-state index is -1.55. The zero-order valence-electron chi connectivity index (χ0n) is 15.4. The molecule has 1 saturated heterocycles. The molecule has 1 aromatic heterocycles. The van der Waals surface area contributed by atoms with Gasteiger partial charge in [0.1, 0.15) is 5.82 Å². The smallest absolute Gasteiger partial charge is 0.449 e. The van der Waals surface area contributed by atoms with Gasteiger partial charge in [0.2, 0.25) is 5.43 Å². The summed E-state index contributed by atoms with van der Waals surface area (Å²) in [6.07, 6.45) is 4.30. The van der Waals surface area contributed by atoms with Crippen LogP contribution in [-0.4, -0.2) is 52.9 Å². The van der Waals surface area contributed by atoms with Crippen LogP contribution in [0.25, 0.3) is 10.9 Å². The molecule has 2 aliphatic carbocycles. The molecule has 3 fully saturated rings. The van der Waals surface area contributed by atoms with Crippen molar-refractivity contribution >= 4 is 22.7 Å². The topological polar surface area (TPSA) is 75.0 Å². The lowest BCUT2D eigenvalue weighted by atomic mass is 10.1. The molecule has 2 aromatic rings. The van der Waals surface area contributed by atoms with E-state index in [9.17, 15) is 14.0 Å². The highest BCUT2D eigenvalue weighted by Gasteiger charge is 2.32. The highest BCUT2D eigenvalue weighted by molar-refractivity contribution is 5.85. The summed E-state index contributed by atoms with van der Waals surface area (Å²) in [6, 6.07) is 3.86. The predicted molar refractivity (Wildman–Crippen MR) is 102 cm³/mol. The first-order valence-electron chi connectivity index (χ1n) is 9.79. The van der Waals surface area contributed by atoms with E-state index in [0.29, 0.717) is 17.2 Å². The van der Waals surface area contributed by atoms with Gasteiger partial charge >= 0.3 is 6.16 Å². The first-order valence-corrected chi connectivity index (χ1v) is 9.79. The molecule has 0 amide bonds. The van der Waals surface area contributed by atoms with E-state index < -0.39 is 17.4 Å². The summed E-state index contributed by atoms with van der Waals surface area (Å²) >= 11 is 0. The van der Waals surface area contributed by atoms with Crippen molar-refractivity contribution in [1.29, 1.82) is 0 Å². The van der Waals surface area contributed by atoms with Crippen LogP contribution < -0.4 is 15.1 Å². The van der Waals surface area contributed by atoms with E-state index in [1.54, 1.807) is 6.07 Å². The average Bonchev–Trinajstić information content (AvgIpc) is 3.55. The number of carbonyl (C=O) groups is 1. The van der Waals surface area contributed by atoms with Gasteiger partial charge in [-0.2, -0.15) is 0 Å². The van der Waals surface area contributed by atoms with Crippen LogP contribution in [-0.2, 0) is 0 Å². The van der Waals surface area contributed by atoms with Gasteiger partial charge in [0.05, 0.1) is 22.8 Å². The predicted octanol–water partition coefficient (Wildman–Crippen LogP) is 2.82. The number of halogens is 1. The van der Waals surface area contributed by atoms with Gasteiger partial charge in [0.15, 0.2) is 5.75 Å². The van der Waals surface area contributed by atoms with Crippen LogP contribution in [0.4, 0.5) is 14.9 Å². The number of fused-ring (bicyclic) bond motifs is 1. The van der Waals surface area contributed by atoms with Crippen LogP contribution in [0.5, 0.6) is 5.75 Å².